The van der Waals surface area contributed by atoms with Crippen molar-refractivity contribution in [1.29, 1.82) is 0 Å². The van der Waals surface area contributed by atoms with Crippen molar-refractivity contribution in [3.8, 4) is 11.5 Å². The molecule has 0 N–H and O–H groups in total. The van der Waals surface area contributed by atoms with Crippen molar-refractivity contribution < 1.29 is 9.47 Å². The van der Waals surface area contributed by atoms with Crippen molar-refractivity contribution in [2.45, 2.75) is 54.6 Å². The molecule has 0 amide bonds. The predicted molar refractivity (Wildman–Crippen MR) is 85.8 cm³/mol. The maximum absolute atomic E-state index is 6.15. The van der Waals surface area contributed by atoms with Gasteiger partial charge >= 0.3 is 0 Å². The second-order valence-corrected chi connectivity index (χ2v) is 6.39. The van der Waals surface area contributed by atoms with Crippen LogP contribution >= 0.6 is 0 Å². The zero-order chi connectivity index (χ0) is 15.3. The number of allylic oxidation sites excluding steroid dienone is 1. The van der Waals surface area contributed by atoms with Crippen LogP contribution in [0.1, 0.15) is 45.7 Å². The van der Waals surface area contributed by atoms with E-state index in [4.69, 9.17) is 9.47 Å². The Bertz CT molecular complexity index is 444. The number of ether oxygens (including phenoxy) is 2. The minimum atomic E-state index is 0.125. The van der Waals surface area contributed by atoms with E-state index in [1.54, 1.807) is 0 Å². The predicted octanol–water partition coefficient (Wildman–Crippen LogP) is 5.07. The van der Waals surface area contributed by atoms with Crippen LogP contribution in [0.15, 0.2) is 24.3 Å². The first-order chi connectivity index (χ1) is 9.25. The molecule has 1 rings (SSSR count). The molecule has 0 aromatic heterocycles. The molecular formula is C18H28O2. The molecule has 1 atom stereocenters. The normalized spacial score (nSPS) is 13.6. The van der Waals surface area contributed by atoms with Crippen LogP contribution in [0.25, 0.3) is 0 Å². The largest absolute Gasteiger partial charge is 0.490 e. The summed E-state index contributed by atoms with van der Waals surface area (Å²) in [6, 6.07) is 4.09. The summed E-state index contributed by atoms with van der Waals surface area (Å²) in [5.74, 6) is 1.87. The van der Waals surface area contributed by atoms with Crippen molar-refractivity contribution in [3.63, 3.8) is 0 Å². The van der Waals surface area contributed by atoms with E-state index in [0.29, 0.717) is 6.61 Å². The van der Waals surface area contributed by atoms with Crippen LogP contribution in [0.2, 0.25) is 0 Å². The minimum Gasteiger partial charge on any atom is -0.490 e. The molecule has 1 aromatic carbocycles. The van der Waals surface area contributed by atoms with Gasteiger partial charge in [-0.1, -0.05) is 32.9 Å². The lowest BCUT2D eigenvalue weighted by Gasteiger charge is -2.29. The molecule has 2 nitrogen and oxygen atoms in total. The van der Waals surface area contributed by atoms with Crippen molar-refractivity contribution in [2.24, 2.45) is 5.41 Å². The third kappa shape index (κ3) is 4.59. The molecule has 0 aliphatic heterocycles. The number of hydrogen-bond donors (Lipinski definition) is 0. The Morgan fingerprint density at radius 3 is 2.15 bits per heavy atom. The first-order valence-corrected chi connectivity index (χ1v) is 7.27. The maximum Gasteiger partial charge on any atom is 0.125 e. The number of rotatable bonds is 5. The van der Waals surface area contributed by atoms with E-state index in [-0.39, 0.29) is 11.5 Å². The van der Waals surface area contributed by atoms with Crippen molar-refractivity contribution in [3.05, 3.63) is 35.4 Å². The van der Waals surface area contributed by atoms with Gasteiger partial charge in [0.1, 0.15) is 24.2 Å². The van der Waals surface area contributed by atoms with E-state index in [1.807, 2.05) is 31.2 Å². The highest BCUT2D eigenvalue weighted by molar-refractivity contribution is 5.46. The van der Waals surface area contributed by atoms with Gasteiger partial charge in [-0.25, -0.2) is 0 Å². The quantitative estimate of drug-likeness (QED) is 0.699. The summed E-state index contributed by atoms with van der Waals surface area (Å²) in [6.45, 7) is 15.4. The molecule has 1 unspecified atom stereocenters. The summed E-state index contributed by atoms with van der Waals surface area (Å²) >= 11 is 0. The third-order valence-corrected chi connectivity index (χ3v) is 3.53. The molecule has 0 fully saturated rings. The lowest BCUT2D eigenvalue weighted by molar-refractivity contribution is 0.102. The number of hydrogen-bond acceptors (Lipinski definition) is 2. The second kappa shape index (κ2) is 6.83. The van der Waals surface area contributed by atoms with Crippen LogP contribution < -0.4 is 9.47 Å². The Morgan fingerprint density at radius 1 is 1.15 bits per heavy atom. The number of benzene rings is 1. The topological polar surface area (TPSA) is 18.5 Å². The van der Waals surface area contributed by atoms with Gasteiger partial charge in [0.25, 0.3) is 0 Å². The molecule has 0 spiro atoms. The van der Waals surface area contributed by atoms with Crippen LogP contribution in [-0.2, 0) is 0 Å². The average Bonchev–Trinajstić information content (AvgIpc) is 2.32. The molecule has 0 heterocycles. The fraction of sp³-hybridized carbons (Fsp3) is 0.556. The molecule has 20 heavy (non-hydrogen) atoms. The average molecular weight is 276 g/mol. The van der Waals surface area contributed by atoms with Crippen LogP contribution in [0.3, 0.4) is 0 Å². The van der Waals surface area contributed by atoms with E-state index in [0.717, 1.165) is 22.6 Å². The monoisotopic (exact) mass is 276 g/mol. The second-order valence-electron chi connectivity index (χ2n) is 6.39. The smallest absolute Gasteiger partial charge is 0.125 e. The van der Waals surface area contributed by atoms with Gasteiger partial charge in [-0.05, 0) is 56.4 Å². The van der Waals surface area contributed by atoms with Crippen molar-refractivity contribution >= 4 is 0 Å². The van der Waals surface area contributed by atoms with Gasteiger partial charge in [0.15, 0.2) is 0 Å². The Hall–Kier alpha value is -1.44. The first kappa shape index (κ1) is 16.6. The summed E-state index contributed by atoms with van der Waals surface area (Å²) in [7, 11) is 0. The fourth-order valence-electron chi connectivity index (χ4n) is 1.77. The highest BCUT2D eigenvalue weighted by Gasteiger charge is 2.23. The molecule has 1 aromatic rings. The molecule has 0 saturated heterocycles. The SMILES string of the molecule is C/C=C/COc1cc(C)c(OC(C)C(C)(C)C)c(C)c1. The molecule has 0 aliphatic rings. The van der Waals surface area contributed by atoms with E-state index in [2.05, 4.69) is 41.5 Å². The molecular weight excluding hydrogens is 248 g/mol. The summed E-state index contributed by atoms with van der Waals surface area (Å²) in [6.07, 6.45) is 4.15. The van der Waals surface area contributed by atoms with E-state index in [1.165, 1.54) is 0 Å². The molecule has 0 saturated carbocycles. The lowest BCUT2D eigenvalue weighted by atomic mass is 9.90. The highest BCUT2D eigenvalue weighted by Crippen LogP contribution is 2.32. The molecule has 0 aliphatic carbocycles. The molecule has 0 bridgehead atoms. The van der Waals surface area contributed by atoms with Gasteiger partial charge < -0.3 is 9.47 Å². The Kier molecular flexibility index (Phi) is 5.67. The maximum atomic E-state index is 6.15. The summed E-state index contributed by atoms with van der Waals surface area (Å²) in [5.41, 5.74) is 2.37. The highest BCUT2D eigenvalue weighted by atomic mass is 16.5. The first-order valence-electron chi connectivity index (χ1n) is 7.27. The van der Waals surface area contributed by atoms with Crippen LogP contribution in [-0.4, -0.2) is 12.7 Å². The third-order valence-electron chi connectivity index (χ3n) is 3.53. The van der Waals surface area contributed by atoms with Gasteiger partial charge in [0.2, 0.25) is 0 Å². The Balaban J connectivity index is 2.89. The van der Waals surface area contributed by atoms with Gasteiger partial charge in [-0.2, -0.15) is 0 Å². The Labute approximate surface area is 123 Å². The molecule has 0 radical (unpaired) electrons. The van der Waals surface area contributed by atoms with Gasteiger partial charge in [0, 0.05) is 0 Å². The summed E-state index contributed by atoms with van der Waals surface area (Å²) < 4.78 is 11.8. The van der Waals surface area contributed by atoms with Crippen LogP contribution in [0.4, 0.5) is 0 Å². The van der Waals surface area contributed by atoms with E-state index >= 15 is 0 Å². The van der Waals surface area contributed by atoms with E-state index < -0.39 is 0 Å². The van der Waals surface area contributed by atoms with Gasteiger partial charge in [-0.15, -0.1) is 0 Å². The minimum absolute atomic E-state index is 0.125. The zero-order valence-electron chi connectivity index (χ0n) is 13.9. The van der Waals surface area contributed by atoms with E-state index in [9.17, 15) is 0 Å². The van der Waals surface area contributed by atoms with Crippen molar-refractivity contribution in [1.82, 2.24) is 0 Å². The fourth-order valence-corrected chi connectivity index (χ4v) is 1.77. The van der Waals surface area contributed by atoms with Crippen molar-refractivity contribution in [2.75, 3.05) is 6.61 Å². The number of aryl methyl sites for hydroxylation is 2. The van der Waals surface area contributed by atoms with Gasteiger partial charge in [0.05, 0.1) is 0 Å². The zero-order valence-corrected chi connectivity index (χ0v) is 13.9. The van der Waals surface area contributed by atoms with Gasteiger partial charge in [-0.3, -0.25) is 0 Å². The van der Waals surface area contributed by atoms with Crippen LogP contribution in [0, 0.1) is 19.3 Å². The Morgan fingerprint density at radius 2 is 1.70 bits per heavy atom. The molecule has 2 heteroatoms. The standard InChI is InChI=1S/C18H28O2/c1-8-9-10-19-16-11-13(2)17(14(3)12-16)20-15(4)18(5,6)7/h8-9,11-12,15H,10H2,1-7H3/b9-8+. The molecule has 112 valence electrons. The summed E-state index contributed by atoms with van der Waals surface area (Å²) in [5, 5.41) is 0. The summed E-state index contributed by atoms with van der Waals surface area (Å²) in [4.78, 5) is 0. The lowest BCUT2D eigenvalue weighted by Crippen LogP contribution is -2.29. The van der Waals surface area contributed by atoms with Crippen LogP contribution in [0.5, 0.6) is 11.5 Å².